The Morgan fingerprint density at radius 3 is 2.15 bits per heavy atom. The summed E-state index contributed by atoms with van der Waals surface area (Å²) in [6.07, 6.45) is 19.3. The molecule has 0 saturated heterocycles. The normalized spacial score (nSPS) is 13.2. The fraction of sp³-hybridized carbons (Fsp3) is 0.889. The Morgan fingerprint density at radius 1 is 0.800 bits per heavy atom. The number of hydrogen-bond acceptors (Lipinski definition) is 2. The van der Waals surface area contributed by atoms with Gasteiger partial charge in [-0.3, -0.25) is 0 Å². The number of allylic oxidation sites excluding steroid dienone is 1. The van der Waals surface area contributed by atoms with E-state index in [0.717, 1.165) is 38.5 Å². The van der Waals surface area contributed by atoms with Gasteiger partial charge in [-0.2, -0.15) is 0 Å². The molecule has 0 bridgehead atoms. The summed E-state index contributed by atoms with van der Waals surface area (Å²) in [6.45, 7) is 2.55. The predicted molar refractivity (Wildman–Crippen MR) is 87.9 cm³/mol. The van der Waals surface area contributed by atoms with Crippen LogP contribution in [0.25, 0.3) is 0 Å². The van der Waals surface area contributed by atoms with Crippen LogP contribution in [0.15, 0.2) is 12.2 Å². The Hall–Kier alpha value is -0.340. The molecule has 0 amide bonds. The topological polar surface area (TPSA) is 40.5 Å². The third-order valence-electron chi connectivity index (χ3n) is 3.74. The van der Waals surface area contributed by atoms with Crippen LogP contribution in [0.5, 0.6) is 0 Å². The fourth-order valence-corrected chi connectivity index (χ4v) is 2.38. The van der Waals surface area contributed by atoms with E-state index >= 15 is 0 Å². The molecule has 0 rings (SSSR count). The van der Waals surface area contributed by atoms with Gasteiger partial charge >= 0.3 is 0 Å². The van der Waals surface area contributed by atoms with Gasteiger partial charge in [0.15, 0.2) is 0 Å². The quantitative estimate of drug-likeness (QED) is 0.328. The van der Waals surface area contributed by atoms with Crippen molar-refractivity contribution >= 4 is 0 Å². The minimum atomic E-state index is -0.137. The van der Waals surface area contributed by atoms with Gasteiger partial charge in [0.05, 0.1) is 6.10 Å². The lowest BCUT2D eigenvalue weighted by Gasteiger charge is -2.07. The van der Waals surface area contributed by atoms with E-state index in [9.17, 15) is 5.11 Å². The van der Waals surface area contributed by atoms with Crippen molar-refractivity contribution in [2.75, 3.05) is 6.61 Å². The second-order valence-electron chi connectivity index (χ2n) is 5.84. The van der Waals surface area contributed by atoms with Gasteiger partial charge in [0.1, 0.15) is 0 Å². The summed E-state index contributed by atoms with van der Waals surface area (Å²) in [5.74, 6) is 0. The Labute approximate surface area is 126 Å². The maximum Gasteiger partial charge on any atom is 0.0574 e. The Morgan fingerprint density at radius 2 is 1.45 bits per heavy atom. The van der Waals surface area contributed by atoms with Gasteiger partial charge in [-0.15, -0.1) is 0 Å². The van der Waals surface area contributed by atoms with Crippen molar-refractivity contribution in [2.24, 2.45) is 0 Å². The van der Waals surface area contributed by atoms with E-state index in [1.807, 2.05) is 0 Å². The summed E-state index contributed by atoms with van der Waals surface area (Å²) in [5, 5.41) is 18.5. The first-order chi connectivity index (χ1) is 9.81. The molecule has 0 aliphatic heterocycles. The van der Waals surface area contributed by atoms with Gasteiger partial charge in [-0.25, -0.2) is 0 Å². The lowest BCUT2D eigenvalue weighted by Crippen LogP contribution is -2.04. The molecule has 1 atom stereocenters. The highest BCUT2D eigenvalue weighted by Gasteiger charge is 2.00. The molecule has 2 nitrogen and oxygen atoms in total. The largest absolute Gasteiger partial charge is 0.396 e. The van der Waals surface area contributed by atoms with Gasteiger partial charge in [-0.05, 0) is 32.1 Å². The molecule has 0 unspecified atom stereocenters. The van der Waals surface area contributed by atoms with Crippen LogP contribution in [0.2, 0.25) is 0 Å². The molecule has 0 saturated carbocycles. The molecule has 0 fully saturated rings. The minimum absolute atomic E-state index is 0.137. The smallest absolute Gasteiger partial charge is 0.0574 e. The van der Waals surface area contributed by atoms with Crippen molar-refractivity contribution in [3.8, 4) is 0 Å². The summed E-state index contributed by atoms with van der Waals surface area (Å²) >= 11 is 0. The SMILES string of the molecule is CCCCCC[C@@H](O)C/C=C/CCCCCCCCO. The van der Waals surface area contributed by atoms with Crippen molar-refractivity contribution in [3.63, 3.8) is 0 Å². The van der Waals surface area contributed by atoms with Gasteiger partial charge in [-0.1, -0.05) is 70.4 Å². The molecule has 0 aliphatic carbocycles. The molecule has 0 radical (unpaired) electrons. The molecule has 2 heteroatoms. The van der Waals surface area contributed by atoms with Crippen molar-refractivity contribution in [1.82, 2.24) is 0 Å². The van der Waals surface area contributed by atoms with Gasteiger partial charge < -0.3 is 10.2 Å². The maximum atomic E-state index is 9.80. The highest BCUT2D eigenvalue weighted by Crippen LogP contribution is 2.10. The highest BCUT2D eigenvalue weighted by molar-refractivity contribution is 4.83. The summed E-state index contributed by atoms with van der Waals surface area (Å²) in [7, 11) is 0. The predicted octanol–water partition coefficient (Wildman–Crippen LogP) is 4.99. The Kier molecular flexibility index (Phi) is 16.4. The van der Waals surface area contributed by atoms with Crippen LogP contribution in [-0.2, 0) is 0 Å². The molecule has 0 aromatic heterocycles. The van der Waals surface area contributed by atoms with E-state index in [4.69, 9.17) is 5.11 Å². The van der Waals surface area contributed by atoms with E-state index in [1.54, 1.807) is 0 Å². The molecule has 120 valence electrons. The Balaban J connectivity index is 3.21. The summed E-state index contributed by atoms with van der Waals surface area (Å²) in [6, 6.07) is 0. The number of aliphatic hydroxyl groups is 2. The van der Waals surface area contributed by atoms with E-state index in [1.165, 1.54) is 44.9 Å². The molecular weight excluding hydrogens is 248 g/mol. The molecule has 0 aromatic rings. The number of rotatable bonds is 15. The van der Waals surface area contributed by atoms with E-state index in [2.05, 4.69) is 19.1 Å². The maximum absolute atomic E-state index is 9.80. The second-order valence-corrected chi connectivity index (χ2v) is 5.84. The molecule has 2 N–H and O–H groups in total. The first-order valence-corrected chi connectivity index (χ1v) is 8.75. The van der Waals surface area contributed by atoms with Crippen LogP contribution in [0, 0.1) is 0 Å². The van der Waals surface area contributed by atoms with Crippen molar-refractivity contribution in [3.05, 3.63) is 12.2 Å². The van der Waals surface area contributed by atoms with E-state index < -0.39 is 0 Å². The highest BCUT2D eigenvalue weighted by atomic mass is 16.3. The fourth-order valence-electron chi connectivity index (χ4n) is 2.38. The van der Waals surface area contributed by atoms with Crippen molar-refractivity contribution < 1.29 is 10.2 Å². The number of aliphatic hydroxyl groups excluding tert-OH is 2. The monoisotopic (exact) mass is 284 g/mol. The van der Waals surface area contributed by atoms with Crippen LogP contribution in [0.1, 0.15) is 90.4 Å². The molecule has 0 aromatic carbocycles. The van der Waals surface area contributed by atoms with Crippen LogP contribution >= 0.6 is 0 Å². The third-order valence-corrected chi connectivity index (χ3v) is 3.74. The van der Waals surface area contributed by atoms with E-state index in [-0.39, 0.29) is 6.10 Å². The summed E-state index contributed by atoms with van der Waals surface area (Å²) < 4.78 is 0. The standard InChI is InChI=1S/C18H36O2/c1-2-3-4-12-15-18(20)16-13-10-8-6-5-7-9-11-14-17-19/h10,13,18-20H,2-9,11-12,14-17H2,1H3/b13-10+/t18-/m1/s1. The van der Waals surface area contributed by atoms with Gasteiger partial charge in [0.2, 0.25) is 0 Å². The Bertz CT molecular complexity index is 202. The average molecular weight is 284 g/mol. The molecule has 0 heterocycles. The lowest BCUT2D eigenvalue weighted by atomic mass is 10.1. The van der Waals surface area contributed by atoms with Crippen LogP contribution in [-0.4, -0.2) is 22.9 Å². The van der Waals surface area contributed by atoms with Crippen LogP contribution in [0.3, 0.4) is 0 Å². The molecule has 0 spiro atoms. The minimum Gasteiger partial charge on any atom is -0.396 e. The van der Waals surface area contributed by atoms with Crippen LogP contribution < -0.4 is 0 Å². The number of unbranched alkanes of at least 4 members (excludes halogenated alkanes) is 9. The third kappa shape index (κ3) is 15.7. The van der Waals surface area contributed by atoms with Crippen LogP contribution in [0.4, 0.5) is 0 Å². The first-order valence-electron chi connectivity index (χ1n) is 8.75. The molecular formula is C18H36O2. The van der Waals surface area contributed by atoms with Crippen molar-refractivity contribution in [1.29, 1.82) is 0 Å². The zero-order valence-electron chi connectivity index (χ0n) is 13.5. The lowest BCUT2D eigenvalue weighted by molar-refractivity contribution is 0.163. The molecule has 20 heavy (non-hydrogen) atoms. The number of hydrogen-bond donors (Lipinski definition) is 2. The average Bonchev–Trinajstić information content (AvgIpc) is 2.45. The molecule has 0 aliphatic rings. The van der Waals surface area contributed by atoms with Crippen molar-refractivity contribution in [2.45, 2.75) is 96.5 Å². The van der Waals surface area contributed by atoms with Gasteiger partial charge in [0.25, 0.3) is 0 Å². The van der Waals surface area contributed by atoms with Gasteiger partial charge in [0, 0.05) is 6.61 Å². The first kappa shape index (κ1) is 19.7. The van der Waals surface area contributed by atoms with E-state index in [0.29, 0.717) is 6.61 Å². The summed E-state index contributed by atoms with van der Waals surface area (Å²) in [5.41, 5.74) is 0. The summed E-state index contributed by atoms with van der Waals surface area (Å²) in [4.78, 5) is 0. The zero-order chi connectivity index (χ0) is 14.9. The zero-order valence-corrected chi connectivity index (χ0v) is 13.5. The second kappa shape index (κ2) is 16.7.